The molecule has 214 valence electrons. The van der Waals surface area contributed by atoms with Gasteiger partial charge in [-0.25, -0.2) is 0 Å². The number of hydrogen-bond donors (Lipinski definition) is 0. The fourth-order valence-electron chi connectivity index (χ4n) is 7.29. The van der Waals surface area contributed by atoms with Crippen LogP contribution in [0.4, 0.5) is 0 Å². The summed E-state index contributed by atoms with van der Waals surface area (Å²) in [5, 5.41) is 1.09. The number of nitrogens with zero attached hydrogens (tertiary/aromatic N) is 3. The molecule has 0 N–H and O–H groups in total. The fraction of sp³-hybridized carbons (Fsp3) is 0.128. The van der Waals surface area contributed by atoms with E-state index in [-0.39, 0.29) is 23.9 Å². The highest BCUT2D eigenvalue weighted by molar-refractivity contribution is 6.02. The molecular formula is C39H31N3O2. The maximum Gasteiger partial charge on any atom is 0.255 e. The first-order valence-electron chi connectivity index (χ1n) is 15.1. The van der Waals surface area contributed by atoms with Crippen molar-refractivity contribution in [1.29, 1.82) is 0 Å². The number of aromatic nitrogens is 1. The lowest BCUT2D eigenvalue weighted by molar-refractivity contribution is 0.0712. The molecule has 8 rings (SSSR count). The number of fused-ring (bicyclic) bond motifs is 3. The van der Waals surface area contributed by atoms with Crippen LogP contribution < -0.4 is 0 Å². The number of amides is 2. The van der Waals surface area contributed by atoms with E-state index in [1.807, 2.05) is 82.6 Å². The molecule has 1 aromatic heterocycles. The van der Waals surface area contributed by atoms with Crippen LogP contribution in [0.5, 0.6) is 0 Å². The summed E-state index contributed by atoms with van der Waals surface area (Å²) < 4.78 is 2.24. The standard InChI is InChI=1S/C39H31N3O2/c1-40-33-23-13-12-22-32(33)34(35-28-18-8-10-20-30(28)38(43)41(35)24-26-14-4-2-5-15-26)37(40)36-29-19-9-11-21-31(29)39(44)42(36)25-27-16-6-3-7-17-27/h2-23,35-36H,24-25H2,1H3/t35-,36-/m1/s1. The SMILES string of the molecule is Cn1c([C@H]2c3ccccc3C(=O)N2Cc2ccccc2)c([C@H]2c3ccccc3C(=O)N2Cc2ccccc2)c2ccccc21. The summed E-state index contributed by atoms with van der Waals surface area (Å²) in [6, 6.07) is 44.1. The van der Waals surface area contributed by atoms with Gasteiger partial charge in [0.2, 0.25) is 0 Å². The number of para-hydroxylation sites is 1. The molecule has 3 heterocycles. The minimum absolute atomic E-state index is 0.0229. The summed E-state index contributed by atoms with van der Waals surface area (Å²) in [5.74, 6) is 0.0482. The number of aryl methyl sites for hydroxylation is 1. The molecule has 2 amide bonds. The van der Waals surface area contributed by atoms with E-state index in [0.717, 1.165) is 55.5 Å². The van der Waals surface area contributed by atoms with Crippen molar-refractivity contribution in [3.63, 3.8) is 0 Å². The zero-order valence-electron chi connectivity index (χ0n) is 24.4. The quantitative estimate of drug-likeness (QED) is 0.205. The molecule has 0 bridgehead atoms. The highest BCUT2D eigenvalue weighted by atomic mass is 16.2. The van der Waals surface area contributed by atoms with Crippen molar-refractivity contribution in [3.8, 4) is 0 Å². The maximum atomic E-state index is 14.2. The van der Waals surface area contributed by atoms with Gasteiger partial charge in [-0.2, -0.15) is 0 Å². The van der Waals surface area contributed by atoms with E-state index >= 15 is 0 Å². The Hall–Kier alpha value is -5.42. The zero-order chi connectivity index (χ0) is 29.8. The van der Waals surface area contributed by atoms with Crippen LogP contribution in [0.1, 0.15) is 66.3 Å². The molecule has 44 heavy (non-hydrogen) atoms. The molecule has 5 heteroatoms. The van der Waals surface area contributed by atoms with Crippen molar-refractivity contribution in [2.75, 3.05) is 0 Å². The second-order valence-corrected chi connectivity index (χ2v) is 11.7. The molecular weight excluding hydrogens is 542 g/mol. The Bertz CT molecular complexity index is 2050. The van der Waals surface area contributed by atoms with Crippen LogP contribution in [0.3, 0.4) is 0 Å². The molecule has 2 atom stereocenters. The van der Waals surface area contributed by atoms with E-state index in [1.54, 1.807) is 0 Å². The predicted octanol–water partition coefficient (Wildman–Crippen LogP) is 7.67. The average Bonchev–Trinajstić information content (AvgIpc) is 3.62. The molecule has 0 fully saturated rings. The van der Waals surface area contributed by atoms with Crippen molar-refractivity contribution < 1.29 is 9.59 Å². The summed E-state index contributed by atoms with van der Waals surface area (Å²) in [4.78, 5) is 32.3. The second-order valence-electron chi connectivity index (χ2n) is 11.7. The Morgan fingerprint density at radius 2 is 0.977 bits per heavy atom. The summed E-state index contributed by atoms with van der Waals surface area (Å²) in [7, 11) is 2.09. The second kappa shape index (κ2) is 10.4. The smallest absolute Gasteiger partial charge is 0.255 e. The lowest BCUT2D eigenvalue weighted by atomic mass is 9.91. The van der Waals surface area contributed by atoms with Crippen molar-refractivity contribution in [2.24, 2.45) is 7.05 Å². The fourth-order valence-corrected chi connectivity index (χ4v) is 7.29. The average molecular weight is 574 g/mol. The van der Waals surface area contributed by atoms with Gasteiger partial charge in [0, 0.05) is 47.7 Å². The topological polar surface area (TPSA) is 45.6 Å². The monoisotopic (exact) mass is 573 g/mol. The molecule has 5 nitrogen and oxygen atoms in total. The van der Waals surface area contributed by atoms with Crippen molar-refractivity contribution in [2.45, 2.75) is 25.2 Å². The Labute approximate surface area is 256 Å². The Kier molecular flexibility index (Phi) is 6.19. The number of carbonyl (C=O) groups is 2. The van der Waals surface area contributed by atoms with Crippen molar-refractivity contribution in [1.82, 2.24) is 14.4 Å². The maximum absolute atomic E-state index is 14.2. The largest absolute Gasteiger partial charge is 0.345 e. The van der Waals surface area contributed by atoms with E-state index in [9.17, 15) is 9.59 Å². The van der Waals surface area contributed by atoms with Crippen LogP contribution in [-0.4, -0.2) is 26.2 Å². The van der Waals surface area contributed by atoms with Crippen LogP contribution in [0.25, 0.3) is 10.9 Å². The van der Waals surface area contributed by atoms with Crippen LogP contribution in [-0.2, 0) is 20.1 Å². The van der Waals surface area contributed by atoms with Gasteiger partial charge in [-0.15, -0.1) is 0 Å². The van der Waals surface area contributed by atoms with E-state index in [4.69, 9.17) is 0 Å². The van der Waals surface area contributed by atoms with E-state index in [1.165, 1.54) is 0 Å². The molecule has 2 aliphatic rings. The lowest BCUT2D eigenvalue weighted by Crippen LogP contribution is -2.32. The third-order valence-corrected chi connectivity index (χ3v) is 9.23. The summed E-state index contributed by atoms with van der Waals surface area (Å²) in [6.07, 6.45) is 0. The first-order valence-corrected chi connectivity index (χ1v) is 15.1. The van der Waals surface area contributed by atoms with Gasteiger partial charge in [-0.1, -0.05) is 115 Å². The molecule has 0 unspecified atom stereocenters. The number of benzene rings is 5. The van der Waals surface area contributed by atoms with Gasteiger partial charge in [0.15, 0.2) is 0 Å². The van der Waals surface area contributed by atoms with Gasteiger partial charge in [0.25, 0.3) is 11.8 Å². The zero-order valence-corrected chi connectivity index (χ0v) is 24.4. The van der Waals surface area contributed by atoms with E-state index in [0.29, 0.717) is 13.1 Å². The number of hydrogen-bond acceptors (Lipinski definition) is 2. The number of carbonyl (C=O) groups excluding carboxylic acids is 2. The van der Waals surface area contributed by atoms with Gasteiger partial charge in [0.05, 0.1) is 17.8 Å². The molecule has 0 aliphatic carbocycles. The van der Waals surface area contributed by atoms with Gasteiger partial charge in [0.1, 0.15) is 0 Å². The molecule has 0 spiro atoms. The Morgan fingerprint density at radius 1 is 0.523 bits per heavy atom. The highest BCUT2D eigenvalue weighted by Crippen LogP contribution is 2.49. The van der Waals surface area contributed by atoms with Crippen LogP contribution in [0, 0.1) is 0 Å². The minimum atomic E-state index is -0.326. The normalized spacial score (nSPS) is 17.4. The molecule has 6 aromatic rings. The van der Waals surface area contributed by atoms with Crippen molar-refractivity contribution >= 4 is 22.7 Å². The molecule has 0 saturated carbocycles. The first-order chi connectivity index (χ1) is 21.6. The van der Waals surface area contributed by atoms with Gasteiger partial charge < -0.3 is 14.4 Å². The van der Waals surface area contributed by atoms with Crippen molar-refractivity contribution in [3.05, 3.63) is 178 Å². The lowest BCUT2D eigenvalue weighted by Gasteiger charge is -2.31. The molecule has 0 radical (unpaired) electrons. The Morgan fingerprint density at radius 3 is 1.57 bits per heavy atom. The van der Waals surface area contributed by atoms with Gasteiger partial charge in [-0.05, 0) is 40.5 Å². The van der Waals surface area contributed by atoms with Crippen LogP contribution in [0.2, 0.25) is 0 Å². The van der Waals surface area contributed by atoms with E-state index in [2.05, 4.69) is 72.3 Å². The first kappa shape index (κ1) is 26.2. The van der Waals surface area contributed by atoms with E-state index < -0.39 is 0 Å². The predicted molar refractivity (Wildman–Crippen MR) is 172 cm³/mol. The summed E-state index contributed by atoms with van der Waals surface area (Å²) in [6.45, 7) is 0.962. The van der Waals surface area contributed by atoms with Crippen LogP contribution in [0.15, 0.2) is 133 Å². The highest BCUT2D eigenvalue weighted by Gasteiger charge is 2.45. The summed E-state index contributed by atoms with van der Waals surface area (Å²) >= 11 is 0. The van der Waals surface area contributed by atoms with Gasteiger partial charge >= 0.3 is 0 Å². The van der Waals surface area contributed by atoms with Crippen LogP contribution >= 0.6 is 0 Å². The third kappa shape index (κ3) is 4.00. The Balaban J connectivity index is 1.39. The molecule has 5 aromatic carbocycles. The minimum Gasteiger partial charge on any atom is -0.345 e. The molecule has 2 aliphatic heterocycles. The van der Waals surface area contributed by atoms with Gasteiger partial charge in [-0.3, -0.25) is 9.59 Å². The summed E-state index contributed by atoms with van der Waals surface area (Å²) in [5.41, 5.74) is 8.79. The third-order valence-electron chi connectivity index (χ3n) is 9.23. The molecule has 0 saturated heterocycles. The number of rotatable bonds is 6.